The Labute approximate surface area is 153 Å². The average Bonchev–Trinajstić information content (AvgIpc) is 2.57. The van der Waals surface area contributed by atoms with E-state index in [0.29, 0.717) is 24.5 Å². The summed E-state index contributed by atoms with van der Waals surface area (Å²) in [6.45, 7) is 2.54. The highest BCUT2D eigenvalue weighted by Gasteiger charge is 2.19. The van der Waals surface area contributed by atoms with Gasteiger partial charge in [0.2, 0.25) is 0 Å². The van der Waals surface area contributed by atoms with Gasteiger partial charge in [-0.3, -0.25) is 9.59 Å². The highest BCUT2D eigenvalue weighted by molar-refractivity contribution is 6.30. The Hall–Kier alpha value is -2.17. The lowest BCUT2D eigenvalue weighted by atomic mass is 10.0. The first-order chi connectivity index (χ1) is 11.9. The van der Waals surface area contributed by atoms with Gasteiger partial charge in [0.25, 0.3) is 5.91 Å². The predicted molar refractivity (Wildman–Crippen MR) is 99.7 cm³/mol. The third-order valence-electron chi connectivity index (χ3n) is 3.99. The van der Waals surface area contributed by atoms with Crippen molar-refractivity contribution in [2.45, 2.75) is 25.9 Å². The number of likely N-dealkylation sites (N-methyl/N-ethyl adjacent to an activating group) is 1. The summed E-state index contributed by atoms with van der Waals surface area (Å²) in [5, 5.41) is 3.56. The summed E-state index contributed by atoms with van der Waals surface area (Å²) in [6.07, 6.45) is 0.512. The minimum Gasteiger partial charge on any atom is -0.341 e. The van der Waals surface area contributed by atoms with Crippen LogP contribution in [-0.2, 0) is 22.6 Å². The molecule has 0 aromatic heterocycles. The number of halogens is 1. The van der Waals surface area contributed by atoms with Gasteiger partial charge < -0.3 is 10.2 Å². The van der Waals surface area contributed by atoms with Crippen molar-refractivity contribution in [1.29, 1.82) is 0 Å². The zero-order chi connectivity index (χ0) is 18.2. The highest BCUT2D eigenvalue weighted by Crippen LogP contribution is 2.08. The van der Waals surface area contributed by atoms with Gasteiger partial charge in [0.05, 0.1) is 13.1 Å². The maximum absolute atomic E-state index is 12.3. The Morgan fingerprint density at radius 3 is 2.28 bits per heavy atom. The zero-order valence-electron chi connectivity index (χ0n) is 14.6. The van der Waals surface area contributed by atoms with Gasteiger partial charge in [0.15, 0.2) is 12.3 Å². The second-order valence-electron chi connectivity index (χ2n) is 6.36. The molecule has 132 valence electrons. The Kier molecular flexibility index (Phi) is 7.16. The normalized spacial score (nSPS) is 13.1. The summed E-state index contributed by atoms with van der Waals surface area (Å²) in [4.78, 5) is 25.2. The third-order valence-corrected chi connectivity index (χ3v) is 4.24. The molecule has 1 amide bonds. The number of rotatable bonds is 8. The first kappa shape index (κ1) is 19.2. The molecule has 0 radical (unpaired) electrons. The van der Waals surface area contributed by atoms with Gasteiger partial charge in [0.1, 0.15) is 6.54 Å². The van der Waals surface area contributed by atoms with Crippen molar-refractivity contribution < 1.29 is 14.5 Å². The van der Waals surface area contributed by atoms with Gasteiger partial charge in [-0.2, -0.15) is 0 Å². The van der Waals surface area contributed by atoms with E-state index in [4.69, 9.17) is 11.6 Å². The van der Waals surface area contributed by atoms with Crippen LogP contribution < -0.4 is 10.2 Å². The molecule has 0 bridgehead atoms. The number of Topliss-reactive ketones (excluding diaryl/α,β-unsaturated/α-hetero) is 1. The van der Waals surface area contributed by atoms with E-state index in [1.165, 1.54) is 6.92 Å². The van der Waals surface area contributed by atoms with Crippen molar-refractivity contribution in [3.63, 3.8) is 0 Å². The fourth-order valence-corrected chi connectivity index (χ4v) is 2.80. The molecule has 2 atom stereocenters. The fraction of sp³-hybridized carbons (Fsp3) is 0.300. The lowest BCUT2D eigenvalue weighted by molar-refractivity contribution is -0.885. The standard InChI is InChI=1S/C20H23ClN2O2/c1-15(24)19(12-16-6-4-3-5-7-16)22-20(25)14-23(2)13-17-8-10-18(21)11-9-17/h3-11,19H,12-14H2,1-2H3,(H,22,25)/p+1/t19-/m1/s1. The molecule has 0 spiro atoms. The van der Waals surface area contributed by atoms with Gasteiger partial charge >= 0.3 is 0 Å². The molecule has 0 saturated heterocycles. The Morgan fingerprint density at radius 2 is 1.68 bits per heavy atom. The van der Waals surface area contributed by atoms with Crippen molar-refractivity contribution in [3.8, 4) is 0 Å². The molecule has 2 rings (SSSR count). The number of nitrogens with one attached hydrogen (secondary N) is 2. The van der Waals surface area contributed by atoms with E-state index in [1.807, 2.05) is 61.6 Å². The van der Waals surface area contributed by atoms with Gasteiger partial charge in [-0.05, 0) is 31.0 Å². The zero-order valence-corrected chi connectivity index (χ0v) is 15.3. The van der Waals surface area contributed by atoms with Crippen molar-refractivity contribution in [1.82, 2.24) is 5.32 Å². The van der Waals surface area contributed by atoms with Crippen LogP contribution in [0.25, 0.3) is 0 Å². The summed E-state index contributed by atoms with van der Waals surface area (Å²) in [5.74, 6) is -0.157. The van der Waals surface area contributed by atoms with E-state index < -0.39 is 6.04 Å². The second-order valence-corrected chi connectivity index (χ2v) is 6.79. The van der Waals surface area contributed by atoms with Crippen LogP contribution in [0.1, 0.15) is 18.1 Å². The van der Waals surface area contributed by atoms with Crippen molar-refractivity contribution in [2.24, 2.45) is 0 Å². The van der Waals surface area contributed by atoms with E-state index in [0.717, 1.165) is 16.0 Å². The molecular weight excluding hydrogens is 336 g/mol. The van der Waals surface area contributed by atoms with Crippen LogP contribution in [0.2, 0.25) is 5.02 Å². The van der Waals surface area contributed by atoms with Gasteiger partial charge in [-0.15, -0.1) is 0 Å². The Bertz CT molecular complexity index is 701. The van der Waals surface area contributed by atoms with Crippen LogP contribution in [0.4, 0.5) is 0 Å². The molecule has 25 heavy (non-hydrogen) atoms. The molecule has 0 aliphatic heterocycles. The quantitative estimate of drug-likeness (QED) is 0.753. The van der Waals surface area contributed by atoms with Gasteiger partial charge in [-0.25, -0.2) is 0 Å². The molecule has 0 aliphatic carbocycles. The number of amides is 1. The third kappa shape index (κ3) is 6.69. The first-order valence-electron chi connectivity index (χ1n) is 8.33. The highest BCUT2D eigenvalue weighted by atomic mass is 35.5. The predicted octanol–water partition coefficient (Wildman–Crippen LogP) is 1.67. The van der Waals surface area contributed by atoms with E-state index in [1.54, 1.807) is 0 Å². The summed E-state index contributed by atoms with van der Waals surface area (Å²) in [6, 6.07) is 16.8. The lowest BCUT2D eigenvalue weighted by Crippen LogP contribution is -3.09. The molecule has 5 heteroatoms. The van der Waals surface area contributed by atoms with Crippen LogP contribution in [0.3, 0.4) is 0 Å². The van der Waals surface area contributed by atoms with Crippen LogP contribution in [0, 0.1) is 0 Å². The molecule has 0 aliphatic rings. The molecular formula is C20H24ClN2O2+. The summed E-state index contributed by atoms with van der Waals surface area (Å²) in [7, 11) is 1.95. The molecule has 2 N–H and O–H groups in total. The molecule has 2 aromatic carbocycles. The minimum atomic E-state index is -0.488. The number of hydrogen-bond donors (Lipinski definition) is 2. The number of hydrogen-bond acceptors (Lipinski definition) is 2. The molecule has 0 saturated carbocycles. The number of ketones is 1. The Balaban J connectivity index is 1.87. The van der Waals surface area contributed by atoms with Crippen molar-refractivity contribution >= 4 is 23.3 Å². The maximum atomic E-state index is 12.3. The average molecular weight is 360 g/mol. The topological polar surface area (TPSA) is 50.6 Å². The van der Waals surface area contributed by atoms with Gasteiger partial charge in [-0.1, -0.05) is 54.1 Å². The van der Waals surface area contributed by atoms with Crippen molar-refractivity contribution in [2.75, 3.05) is 13.6 Å². The number of benzene rings is 2. The van der Waals surface area contributed by atoms with Crippen LogP contribution >= 0.6 is 11.6 Å². The maximum Gasteiger partial charge on any atom is 0.275 e. The first-order valence-corrected chi connectivity index (χ1v) is 8.71. The van der Waals surface area contributed by atoms with E-state index in [2.05, 4.69) is 5.32 Å². The van der Waals surface area contributed by atoms with E-state index in [9.17, 15) is 9.59 Å². The lowest BCUT2D eigenvalue weighted by Gasteiger charge is -2.18. The van der Waals surface area contributed by atoms with Crippen molar-refractivity contribution in [3.05, 3.63) is 70.7 Å². The fourth-order valence-electron chi connectivity index (χ4n) is 2.68. The number of carbonyl (C=O) groups excluding carboxylic acids is 2. The smallest absolute Gasteiger partial charge is 0.275 e. The van der Waals surface area contributed by atoms with Crippen LogP contribution in [-0.4, -0.2) is 31.3 Å². The minimum absolute atomic E-state index is 0.0347. The van der Waals surface area contributed by atoms with Crippen LogP contribution in [0.5, 0.6) is 0 Å². The SMILES string of the molecule is CC(=O)[C@@H](Cc1ccccc1)NC(=O)C[NH+](C)Cc1ccc(Cl)cc1. The van der Waals surface area contributed by atoms with E-state index in [-0.39, 0.29) is 11.7 Å². The largest absolute Gasteiger partial charge is 0.341 e. The number of quaternary nitrogens is 1. The Morgan fingerprint density at radius 1 is 1.04 bits per heavy atom. The molecule has 4 nitrogen and oxygen atoms in total. The van der Waals surface area contributed by atoms with Crippen LogP contribution in [0.15, 0.2) is 54.6 Å². The molecule has 0 fully saturated rings. The molecule has 2 aromatic rings. The van der Waals surface area contributed by atoms with E-state index >= 15 is 0 Å². The molecule has 1 unspecified atom stereocenters. The summed E-state index contributed by atoms with van der Waals surface area (Å²) >= 11 is 5.88. The summed E-state index contributed by atoms with van der Waals surface area (Å²) in [5.41, 5.74) is 2.15. The number of carbonyl (C=O) groups is 2. The monoisotopic (exact) mass is 359 g/mol. The second kappa shape index (κ2) is 9.35. The summed E-state index contributed by atoms with van der Waals surface area (Å²) < 4.78 is 0. The van der Waals surface area contributed by atoms with Gasteiger partial charge in [0, 0.05) is 10.6 Å². The molecule has 0 heterocycles.